The van der Waals surface area contributed by atoms with Crippen molar-refractivity contribution in [3.05, 3.63) is 29.8 Å². The van der Waals surface area contributed by atoms with Crippen LogP contribution in [-0.4, -0.2) is 30.3 Å². The van der Waals surface area contributed by atoms with Crippen molar-refractivity contribution in [3.8, 4) is 0 Å². The van der Waals surface area contributed by atoms with Crippen molar-refractivity contribution in [3.63, 3.8) is 0 Å². The molecule has 0 saturated carbocycles. The van der Waals surface area contributed by atoms with Gasteiger partial charge in [-0.3, -0.25) is 14.4 Å². The molecular weight excluding hydrogens is 296 g/mol. The summed E-state index contributed by atoms with van der Waals surface area (Å²) >= 11 is 0. The Morgan fingerprint density at radius 1 is 1.17 bits per heavy atom. The summed E-state index contributed by atoms with van der Waals surface area (Å²) in [6, 6.07) is 6.36. The average Bonchev–Trinajstić information content (AvgIpc) is 2.53. The summed E-state index contributed by atoms with van der Waals surface area (Å²) in [5.41, 5.74) is 10.5. The number of nitrogens with two attached hydrogens (primary N) is 1. The van der Waals surface area contributed by atoms with E-state index in [9.17, 15) is 14.4 Å². The van der Waals surface area contributed by atoms with Crippen molar-refractivity contribution in [2.75, 3.05) is 6.54 Å². The summed E-state index contributed by atoms with van der Waals surface area (Å²) in [6.07, 6.45) is 2.15. The minimum atomic E-state index is -0.650. The zero-order chi connectivity index (χ0) is 17.2. The summed E-state index contributed by atoms with van der Waals surface area (Å²) in [7, 11) is 0. The molecule has 0 aromatic heterocycles. The fourth-order valence-electron chi connectivity index (χ4n) is 2.02. The van der Waals surface area contributed by atoms with Crippen LogP contribution in [0.3, 0.4) is 0 Å². The highest BCUT2D eigenvalue weighted by molar-refractivity contribution is 5.94. The second-order valence-corrected chi connectivity index (χ2v) is 5.32. The van der Waals surface area contributed by atoms with E-state index in [0.717, 1.165) is 5.69 Å². The van der Waals surface area contributed by atoms with Gasteiger partial charge in [-0.15, -0.1) is 0 Å². The third kappa shape index (κ3) is 6.92. The second-order valence-electron chi connectivity index (χ2n) is 5.32. The van der Waals surface area contributed by atoms with Crippen LogP contribution in [0.25, 0.3) is 0 Å². The first-order valence-corrected chi connectivity index (χ1v) is 7.73. The van der Waals surface area contributed by atoms with Crippen LogP contribution in [0.5, 0.6) is 0 Å². The quantitative estimate of drug-likeness (QED) is 0.472. The lowest BCUT2D eigenvalue weighted by Crippen LogP contribution is -2.44. The Morgan fingerprint density at radius 3 is 2.39 bits per heavy atom. The third-order valence-electron chi connectivity index (χ3n) is 3.42. The van der Waals surface area contributed by atoms with Crippen molar-refractivity contribution in [1.82, 2.24) is 10.6 Å². The molecule has 7 N–H and O–H groups in total. The van der Waals surface area contributed by atoms with E-state index in [1.165, 1.54) is 0 Å². The Kier molecular flexibility index (Phi) is 7.76. The molecule has 0 aliphatic carbocycles. The number of unbranched alkanes of at least 4 members (excludes halogenated alkanes) is 1. The molecular formula is C16H25N4O3+. The molecule has 1 unspecified atom stereocenters. The van der Waals surface area contributed by atoms with Crippen molar-refractivity contribution in [1.29, 1.82) is 0 Å². The van der Waals surface area contributed by atoms with Crippen LogP contribution in [0.15, 0.2) is 24.3 Å². The number of benzene rings is 1. The Bertz CT molecular complexity index is 543. The zero-order valence-electron chi connectivity index (χ0n) is 13.4. The van der Waals surface area contributed by atoms with Gasteiger partial charge in [-0.1, -0.05) is 6.92 Å². The van der Waals surface area contributed by atoms with Crippen LogP contribution in [0.1, 0.15) is 43.0 Å². The largest absolute Gasteiger partial charge is 0.368 e. The summed E-state index contributed by atoms with van der Waals surface area (Å²) < 4.78 is 0. The van der Waals surface area contributed by atoms with Gasteiger partial charge in [0.15, 0.2) is 0 Å². The first-order chi connectivity index (χ1) is 10.9. The van der Waals surface area contributed by atoms with E-state index in [2.05, 4.69) is 16.4 Å². The molecule has 7 nitrogen and oxygen atoms in total. The van der Waals surface area contributed by atoms with Crippen molar-refractivity contribution < 1.29 is 20.1 Å². The topological polar surface area (TPSA) is 129 Å². The van der Waals surface area contributed by atoms with Gasteiger partial charge in [0.1, 0.15) is 11.7 Å². The number of hydrogen-bond acceptors (Lipinski definition) is 3. The standard InChI is InChI=1S/C16H24N4O3/c1-2-14(21)20-13(15(18)22)5-3-4-10-19-16(23)11-6-8-12(17)9-7-11/h6-9,13H,2-5,10,17H2,1H3,(H2,18,22)(H,19,23)(H,20,21)/p+1. The van der Waals surface area contributed by atoms with Crippen LogP contribution in [0.4, 0.5) is 5.69 Å². The van der Waals surface area contributed by atoms with Gasteiger partial charge in [0.25, 0.3) is 5.91 Å². The second kappa shape index (κ2) is 9.58. The molecule has 7 heteroatoms. The molecule has 0 radical (unpaired) electrons. The van der Waals surface area contributed by atoms with Crippen LogP contribution < -0.4 is 22.1 Å². The lowest BCUT2D eigenvalue weighted by atomic mass is 10.1. The summed E-state index contributed by atoms with van der Waals surface area (Å²) in [4.78, 5) is 34.5. The predicted molar refractivity (Wildman–Crippen MR) is 86.6 cm³/mol. The smallest absolute Gasteiger partial charge is 0.251 e. The van der Waals surface area contributed by atoms with Gasteiger partial charge in [-0.2, -0.15) is 0 Å². The van der Waals surface area contributed by atoms with Gasteiger partial charge in [-0.05, 0) is 43.5 Å². The van der Waals surface area contributed by atoms with E-state index >= 15 is 0 Å². The maximum Gasteiger partial charge on any atom is 0.251 e. The molecule has 0 aliphatic heterocycles. The van der Waals surface area contributed by atoms with E-state index in [0.29, 0.717) is 37.8 Å². The van der Waals surface area contributed by atoms with E-state index in [4.69, 9.17) is 5.73 Å². The monoisotopic (exact) mass is 321 g/mol. The van der Waals surface area contributed by atoms with E-state index in [1.807, 2.05) is 0 Å². The van der Waals surface area contributed by atoms with Crippen molar-refractivity contribution in [2.24, 2.45) is 5.73 Å². The first-order valence-electron chi connectivity index (χ1n) is 7.73. The number of rotatable bonds is 9. The fourth-order valence-corrected chi connectivity index (χ4v) is 2.02. The highest BCUT2D eigenvalue weighted by Gasteiger charge is 2.16. The molecule has 1 rings (SSSR count). The maximum atomic E-state index is 11.9. The van der Waals surface area contributed by atoms with E-state index in [1.54, 1.807) is 31.2 Å². The van der Waals surface area contributed by atoms with Gasteiger partial charge in [0.05, 0.1) is 0 Å². The molecule has 0 aliphatic rings. The molecule has 1 atom stereocenters. The van der Waals surface area contributed by atoms with Gasteiger partial charge in [0.2, 0.25) is 11.8 Å². The number of quaternary nitrogens is 1. The molecule has 126 valence electrons. The lowest BCUT2D eigenvalue weighted by Gasteiger charge is -2.14. The third-order valence-corrected chi connectivity index (χ3v) is 3.42. The summed E-state index contributed by atoms with van der Waals surface area (Å²) in [6.45, 7) is 2.21. The fraction of sp³-hybridized carbons (Fsp3) is 0.438. The highest BCUT2D eigenvalue weighted by Crippen LogP contribution is 2.04. The van der Waals surface area contributed by atoms with Gasteiger partial charge in [-0.25, -0.2) is 0 Å². The molecule has 0 heterocycles. The minimum Gasteiger partial charge on any atom is -0.368 e. The van der Waals surface area contributed by atoms with Gasteiger partial charge < -0.3 is 22.1 Å². The van der Waals surface area contributed by atoms with Crippen LogP contribution in [-0.2, 0) is 9.59 Å². The summed E-state index contributed by atoms with van der Waals surface area (Å²) in [5.74, 6) is -0.879. The predicted octanol–water partition coefficient (Wildman–Crippen LogP) is -0.160. The number of primary amides is 1. The molecule has 3 amide bonds. The summed E-state index contributed by atoms with van der Waals surface area (Å²) in [5, 5.41) is 5.40. The average molecular weight is 321 g/mol. The normalized spacial score (nSPS) is 11.6. The van der Waals surface area contributed by atoms with Crippen LogP contribution in [0, 0.1) is 0 Å². The maximum absolute atomic E-state index is 11.9. The van der Waals surface area contributed by atoms with E-state index < -0.39 is 11.9 Å². The molecule has 23 heavy (non-hydrogen) atoms. The Labute approximate surface area is 135 Å². The lowest BCUT2D eigenvalue weighted by molar-refractivity contribution is -0.254. The molecule has 1 aromatic rings. The molecule has 1 aromatic carbocycles. The zero-order valence-corrected chi connectivity index (χ0v) is 13.4. The minimum absolute atomic E-state index is 0.143. The molecule has 0 bridgehead atoms. The van der Waals surface area contributed by atoms with E-state index in [-0.39, 0.29) is 11.8 Å². The Morgan fingerprint density at radius 2 is 1.83 bits per heavy atom. The van der Waals surface area contributed by atoms with Crippen LogP contribution >= 0.6 is 0 Å². The SMILES string of the molecule is CCC(=O)NC(CCCCNC(=O)c1ccc([NH3+])cc1)C(N)=O. The van der Waals surface area contributed by atoms with Gasteiger partial charge >= 0.3 is 0 Å². The van der Waals surface area contributed by atoms with Crippen molar-refractivity contribution >= 4 is 23.4 Å². The molecule has 0 fully saturated rings. The number of amides is 3. The van der Waals surface area contributed by atoms with Gasteiger partial charge in [0, 0.05) is 18.5 Å². The number of hydrogen-bond donors (Lipinski definition) is 4. The molecule has 0 saturated heterocycles. The molecule has 0 spiro atoms. The number of carbonyl (C=O) groups is 3. The first kappa shape index (κ1) is 18.6. The van der Waals surface area contributed by atoms with Crippen LogP contribution in [0.2, 0.25) is 0 Å². The van der Waals surface area contributed by atoms with Crippen molar-refractivity contribution in [2.45, 2.75) is 38.6 Å². The number of nitrogens with one attached hydrogen (secondary N) is 2. The Hall–Kier alpha value is -2.41. The number of carbonyl (C=O) groups excluding carboxylic acids is 3. The highest BCUT2D eigenvalue weighted by atomic mass is 16.2. The Balaban J connectivity index is 2.28.